The molecule has 0 radical (unpaired) electrons. The smallest absolute Gasteiger partial charge is 0.204 e. The van der Waals surface area contributed by atoms with E-state index in [-0.39, 0.29) is 17.4 Å². The Morgan fingerprint density at radius 3 is 2.31 bits per heavy atom. The summed E-state index contributed by atoms with van der Waals surface area (Å²) in [5, 5.41) is 0. The maximum absolute atomic E-state index is 14.3. The van der Waals surface area contributed by atoms with Crippen molar-refractivity contribution in [3.05, 3.63) is 36.4 Å². The Kier molecular flexibility index (Phi) is 8.34. The highest BCUT2D eigenvalue weighted by Crippen LogP contribution is 2.36. The van der Waals surface area contributed by atoms with Crippen molar-refractivity contribution < 1.29 is 23.0 Å². The predicted molar refractivity (Wildman–Crippen MR) is 110 cm³/mol. The summed E-state index contributed by atoms with van der Waals surface area (Å²) in [6.07, 6.45) is 11.0. The summed E-state index contributed by atoms with van der Waals surface area (Å²) in [6.45, 7) is 7.26. The molecule has 5 heteroatoms. The maximum atomic E-state index is 14.3. The van der Waals surface area contributed by atoms with Gasteiger partial charge in [-0.25, -0.2) is 0 Å². The van der Waals surface area contributed by atoms with E-state index in [1.807, 2.05) is 6.92 Å². The lowest BCUT2D eigenvalue weighted by Gasteiger charge is -2.37. The number of benzene rings is 1. The van der Waals surface area contributed by atoms with Crippen LogP contribution in [-0.4, -0.2) is 25.9 Å². The highest BCUT2D eigenvalue weighted by atomic mass is 19.2. The van der Waals surface area contributed by atoms with Crippen molar-refractivity contribution in [3.63, 3.8) is 0 Å². The number of halogens is 2. The fraction of sp³-hybridized carbons (Fsp3) is 0.667. The van der Waals surface area contributed by atoms with Gasteiger partial charge >= 0.3 is 0 Å². The first-order valence-corrected chi connectivity index (χ1v) is 11.1. The molecule has 29 heavy (non-hydrogen) atoms. The van der Waals surface area contributed by atoms with Crippen LogP contribution in [0.25, 0.3) is 0 Å². The summed E-state index contributed by atoms with van der Waals surface area (Å²) < 4.78 is 45.4. The van der Waals surface area contributed by atoms with Gasteiger partial charge in [-0.05, 0) is 68.9 Å². The molecule has 1 aliphatic heterocycles. The van der Waals surface area contributed by atoms with E-state index in [9.17, 15) is 8.78 Å². The first-order chi connectivity index (χ1) is 14.1. The van der Waals surface area contributed by atoms with Crippen LogP contribution in [0, 0.1) is 29.4 Å². The molecule has 1 heterocycles. The van der Waals surface area contributed by atoms with Crippen LogP contribution in [0.5, 0.6) is 11.5 Å². The predicted octanol–water partition coefficient (Wildman–Crippen LogP) is 6.31. The van der Waals surface area contributed by atoms with E-state index < -0.39 is 11.6 Å². The zero-order valence-electron chi connectivity index (χ0n) is 17.5. The Morgan fingerprint density at radius 2 is 1.72 bits per heavy atom. The number of rotatable bonds is 9. The fourth-order valence-corrected chi connectivity index (χ4v) is 4.35. The Bertz CT molecular complexity index is 648. The molecule has 3 nitrogen and oxygen atoms in total. The monoisotopic (exact) mass is 408 g/mol. The Morgan fingerprint density at radius 1 is 1.03 bits per heavy atom. The summed E-state index contributed by atoms with van der Waals surface area (Å²) in [4.78, 5) is 0. The summed E-state index contributed by atoms with van der Waals surface area (Å²) in [5.74, 6) is -0.567. The van der Waals surface area contributed by atoms with Crippen molar-refractivity contribution >= 4 is 0 Å². The van der Waals surface area contributed by atoms with E-state index in [1.165, 1.54) is 37.8 Å². The molecule has 1 aliphatic carbocycles. The molecule has 0 spiro atoms. The molecular weight excluding hydrogens is 374 g/mol. The number of hydrogen-bond acceptors (Lipinski definition) is 3. The molecule has 0 amide bonds. The van der Waals surface area contributed by atoms with E-state index in [1.54, 1.807) is 0 Å². The van der Waals surface area contributed by atoms with E-state index >= 15 is 0 Å². The van der Waals surface area contributed by atoms with Gasteiger partial charge in [-0.15, -0.1) is 6.58 Å². The molecule has 0 N–H and O–H groups in total. The molecule has 0 aromatic heterocycles. The van der Waals surface area contributed by atoms with E-state index in [0.717, 1.165) is 25.7 Å². The summed E-state index contributed by atoms with van der Waals surface area (Å²) in [7, 11) is 0. The fourth-order valence-electron chi connectivity index (χ4n) is 4.35. The van der Waals surface area contributed by atoms with E-state index in [0.29, 0.717) is 37.8 Å². The second kappa shape index (κ2) is 11.0. The minimum atomic E-state index is -0.979. The van der Waals surface area contributed by atoms with Gasteiger partial charge in [-0.3, -0.25) is 0 Å². The molecule has 1 saturated heterocycles. The second-order valence-corrected chi connectivity index (χ2v) is 8.43. The van der Waals surface area contributed by atoms with Gasteiger partial charge in [0.2, 0.25) is 11.6 Å². The largest absolute Gasteiger partial charge is 0.490 e. The van der Waals surface area contributed by atoms with E-state index in [4.69, 9.17) is 14.2 Å². The van der Waals surface area contributed by atoms with Crippen LogP contribution in [0.4, 0.5) is 8.78 Å². The lowest BCUT2D eigenvalue weighted by Crippen LogP contribution is -2.35. The highest BCUT2D eigenvalue weighted by molar-refractivity contribution is 5.35. The van der Waals surface area contributed by atoms with Crippen molar-refractivity contribution in [2.24, 2.45) is 17.8 Å². The standard InChI is InChI=1S/C24H34F2O3/c1-3-5-14-27-21-12-13-22(24(26)23(21)25)29-16-18-8-11-20(28-15-18)19-9-6-17(4-2)7-10-19/h4,12-13,17-20H,2-3,5-11,14-16H2,1H3. The summed E-state index contributed by atoms with van der Waals surface area (Å²) >= 11 is 0. The average Bonchev–Trinajstić information content (AvgIpc) is 2.77. The minimum absolute atomic E-state index is 0.0571. The number of ether oxygens (including phenoxy) is 3. The SMILES string of the molecule is C=CC1CCC(C2CCC(COc3ccc(OCCCC)c(F)c3F)CO2)CC1. The topological polar surface area (TPSA) is 27.7 Å². The van der Waals surface area contributed by atoms with Crippen molar-refractivity contribution in [3.8, 4) is 11.5 Å². The minimum Gasteiger partial charge on any atom is -0.490 e. The average molecular weight is 409 g/mol. The Hall–Kier alpha value is -1.62. The molecule has 2 aliphatic rings. The summed E-state index contributed by atoms with van der Waals surface area (Å²) in [6, 6.07) is 2.89. The van der Waals surface area contributed by atoms with Gasteiger partial charge in [0, 0.05) is 5.92 Å². The quantitative estimate of drug-likeness (QED) is 0.354. The van der Waals surface area contributed by atoms with Crippen LogP contribution in [-0.2, 0) is 4.74 Å². The molecule has 3 rings (SSSR count). The zero-order valence-corrected chi connectivity index (χ0v) is 17.5. The molecule has 1 aromatic carbocycles. The van der Waals surface area contributed by atoms with Crippen LogP contribution in [0.15, 0.2) is 24.8 Å². The first kappa shape index (κ1) is 22.1. The van der Waals surface area contributed by atoms with Crippen molar-refractivity contribution in [2.45, 2.75) is 64.4 Å². The first-order valence-electron chi connectivity index (χ1n) is 11.1. The third-order valence-electron chi connectivity index (χ3n) is 6.32. The molecule has 2 atom stereocenters. The van der Waals surface area contributed by atoms with Crippen LogP contribution in [0.3, 0.4) is 0 Å². The van der Waals surface area contributed by atoms with Gasteiger partial charge in [0.1, 0.15) is 0 Å². The third-order valence-corrected chi connectivity index (χ3v) is 6.32. The van der Waals surface area contributed by atoms with Gasteiger partial charge in [0.15, 0.2) is 11.5 Å². The van der Waals surface area contributed by atoms with Crippen molar-refractivity contribution in [2.75, 3.05) is 19.8 Å². The van der Waals surface area contributed by atoms with Gasteiger partial charge < -0.3 is 14.2 Å². The third kappa shape index (κ3) is 5.94. The normalized spacial score (nSPS) is 27.4. The molecule has 1 saturated carbocycles. The Balaban J connectivity index is 1.43. The molecule has 2 fully saturated rings. The van der Waals surface area contributed by atoms with Crippen LogP contribution < -0.4 is 9.47 Å². The van der Waals surface area contributed by atoms with Gasteiger partial charge in [-0.1, -0.05) is 19.4 Å². The second-order valence-electron chi connectivity index (χ2n) is 8.43. The number of hydrogen-bond donors (Lipinski definition) is 0. The molecule has 1 aromatic rings. The highest BCUT2D eigenvalue weighted by Gasteiger charge is 2.31. The molecule has 0 bridgehead atoms. The van der Waals surface area contributed by atoms with Crippen molar-refractivity contribution in [1.29, 1.82) is 0 Å². The summed E-state index contributed by atoms with van der Waals surface area (Å²) in [5.41, 5.74) is 0. The lowest BCUT2D eigenvalue weighted by atomic mass is 9.77. The number of allylic oxidation sites excluding steroid dienone is 1. The maximum Gasteiger partial charge on any atom is 0.204 e. The lowest BCUT2D eigenvalue weighted by molar-refractivity contribution is -0.0643. The van der Waals surface area contributed by atoms with Gasteiger partial charge in [0.05, 0.1) is 25.9 Å². The zero-order chi connectivity index (χ0) is 20.6. The van der Waals surface area contributed by atoms with Gasteiger partial charge in [-0.2, -0.15) is 8.78 Å². The van der Waals surface area contributed by atoms with Crippen molar-refractivity contribution in [1.82, 2.24) is 0 Å². The van der Waals surface area contributed by atoms with Gasteiger partial charge in [0.25, 0.3) is 0 Å². The van der Waals surface area contributed by atoms with Crippen LogP contribution >= 0.6 is 0 Å². The van der Waals surface area contributed by atoms with E-state index in [2.05, 4.69) is 12.7 Å². The number of unbranched alkanes of at least 4 members (excludes halogenated alkanes) is 1. The molecule has 162 valence electrons. The molecular formula is C24H34F2O3. The van der Waals surface area contributed by atoms with Crippen LogP contribution in [0.2, 0.25) is 0 Å². The molecule has 2 unspecified atom stereocenters. The Labute approximate surface area is 173 Å². The van der Waals surface area contributed by atoms with Crippen LogP contribution in [0.1, 0.15) is 58.3 Å².